The number of pyridine rings is 2. The molecular weight excluding hydrogens is 486 g/mol. The van der Waals surface area contributed by atoms with Crippen LogP contribution in [-0.4, -0.2) is 61.9 Å². The summed E-state index contributed by atoms with van der Waals surface area (Å²) in [7, 11) is 1.34. The van der Waals surface area contributed by atoms with Crippen molar-refractivity contribution in [2.24, 2.45) is 0 Å². The smallest absolute Gasteiger partial charge is 0.410 e. The van der Waals surface area contributed by atoms with E-state index in [9.17, 15) is 14.4 Å². The first-order chi connectivity index (χ1) is 18.2. The number of hydrogen-bond donors (Lipinski definition) is 0. The number of methoxy groups -OCH3 is 1. The van der Waals surface area contributed by atoms with Gasteiger partial charge in [-0.1, -0.05) is 12.1 Å². The molecule has 38 heavy (non-hydrogen) atoms. The fourth-order valence-corrected chi connectivity index (χ4v) is 4.66. The molecule has 0 unspecified atom stereocenters. The number of rotatable bonds is 4. The average Bonchev–Trinajstić information content (AvgIpc) is 3.49. The van der Waals surface area contributed by atoms with E-state index in [1.165, 1.54) is 7.11 Å². The van der Waals surface area contributed by atoms with Gasteiger partial charge in [0, 0.05) is 24.8 Å². The number of benzene rings is 1. The molecule has 1 aliphatic rings. The predicted octanol–water partition coefficient (Wildman–Crippen LogP) is 4.22. The molecule has 4 aromatic rings. The fraction of sp³-hybridized carbons (Fsp3) is 0.321. The van der Waals surface area contributed by atoms with Gasteiger partial charge >= 0.3 is 17.8 Å². The van der Waals surface area contributed by atoms with Crippen LogP contribution >= 0.6 is 0 Å². The summed E-state index contributed by atoms with van der Waals surface area (Å²) < 4.78 is 13.5. The molecule has 196 valence electrons. The van der Waals surface area contributed by atoms with Crippen molar-refractivity contribution >= 4 is 23.2 Å². The number of carbonyl (C=O) groups is 2. The Bertz CT molecular complexity index is 1550. The molecule has 1 aliphatic heterocycles. The molecule has 0 radical (unpaired) electrons. The minimum Gasteiger partial charge on any atom is -0.465 e. The van der Waals surface area contributed by atoms with Crippen molar-refractivity contribution in [2.75, 3.05) is 20.2 Å². The molecule has 4 heterocycles. The fourth-order valence-electron chi connectivity index (χ4n) is 4.66. The second kappa shape index (κ2) is 9.77. The van der Waals surface area contributed by atoms with Crippen molar-refractivity contribution in [1.29, 1.82) is 0 Å². The van der Waals surface area contributed by atoms with Crippen molar-refractivity contribution in [3.05, 3.63) is 77.0 Å². The predicted molar refractivity (Wildman–Crippen MR) is 141 cm³/mol. The Labute approximate surface area is 219 Å². The van der Waals surface area contributed by atoms with Gasteiger partial charge in [0.15, 0.2) is 5.65 Å². The topological polar surface area (TPSA) is 109 Å². The first-order valence-corrected chi connectivity index (χ1v) is 12.4. The normalized spacial score (nSPS) is 15.6. The minimum atomic E-state index is -0.591. The number of likely N-dealkylation sites (tertiary alicyclic amines) is 1. The molecule has 10 nitrogen and oxygen atoms in total. The quantitative estimate of drug-likeness (QED) is 0.375. The number of ether oxygens (including phenoxy) is 2. The maximum atomic E-state index is 13.7. The lowest BCUT2D eigenvalue weighted by atomic mass is 10.1. The van der Waals surface area contributed by atoms with E-state index in [2.05, 4.69) is 9.97 Å². The third kappa shape index (κ3) is 4.77. The van der Waals surface area contributed by atoms with Gasteiger partial charge in [-0.15, -0.1) is 0 Å². The molecule has 10 heteroatoms. The van der Waals surface area contributed by atoms with Crippen molar-refractivity contribution in [3.8, 4) is 16.9 Å². The zero-order valence-electron chi connectivity index (χ0n) is 21.7. The van der Waals surface area contributed by atoms with Gasteiger partial charge in [-0.3, -0.25) is 14.1 Å². The van der Waals surface area contributed by atoms with Gasteiger partial charge in [0.25, 0.3) is 0 Å². The monoisotopic (exact) mass is 515 g/mol. The SMILES string of the molecule is COC(=O)c1ccc(-c2ccc(-n3c(=O)n([C@H]4CCN(C(=O)OC(C)(C)C)C4)c4ncccc43)cn2)cc1. The summed E-state index contributed by atoms with van der Waals surface area (Å²) in [6.45, 7) is 6.35. The van der Waals surface area contributed by atoms with E-state index in [0.29, 0.717) is 47.6 Å². The number of amides is 1. The third-order valence-corrected chi connectivity index (χ3v) is 6.42. The number of esters is 1. The molecule has 0 aliphatic carbocycles. The van der Waals surface area contributed by atoms with E-state index in [1.54, 1.807) is 56.8 Å². The zero-order chi connectivity index (χ0) is 27.0. The van der Waals surface area contributed by atoms with Gasteiger partial charge in [-0.25, -0.2) is 19.4 Å². The minimum absolute atomic E-state index is 0.228. The Balaban J connectivity index is 1.45. The second-order valence-electron chi connectivity index (χ2n) is 10.2. The summed E-state index contributed by atoms with van der Waals surface area (Å²) in [6.07, 6.45) is 3.53. The van der Waals surface area contributed by atoms with Crippen LogP contribution in [0.3, 0.4) is 0 Å². The number of nitrogens with zero attached hydrogens (tertiary/aromatic N) is 5. The van der Waals surface area contributed by atoms with Gasteiger partial charge in [0.05, 0.1) is 41.8 Å². The third-order valence-electron chi connectivity index (χ3n) is 6.42. The summed E-state index contributed by atoms with van der Waals surface area (Å²) in [6, 6.07) is 14.0. The van der Waals surface area contributed by atoms with E-state index >= 15 is 0 Å². The average molecular weight is 516 g/mol. The summed E-state index contributed by atoms with van der Waals surface area (Å²) in [5.74, 6) is -0.402. The van der Waals surface area contributed by atoms with Gasteiger partial charge in [0.2, 0.25) is 0 Å². The number of aromatic nitrogens is 4. The maximum absolute atomic E-state index is 13.7. The van der Waals surface area contributed by atoms with Crippen molar-refractivity contribution in [1.82, 2.24) is 24.0 Å². The first kappa shape index (κ1) is 25.2. The van der Waals surface area contributed by atoms with Crippen molar-refractivity contribution in [2.45, 2.75) is 38.8 Å². The van der Waals surface area contributed by atoms with Crippen LogP contribution < -0.4 is 5.69 Å². The standard InChI is InChI=1S/C28H29N5O5/c1-28(2,3)38-27(36)31-15-13-21(17-31)33-24-23(6-5-14-29-24)32(26(33)35)20-11-12-22(30-16-20)18-7-9-19(10-8-18)25(34)37-4/h5-12,14,16,21H,13,15,17H2,1-4H3/t21-/m0/s1. The Morgan fingerprint density at radius 2 is 1.79 bits per heavy atom. The molecular formula is C28H29N5O5. The molecule has 0 bridgehead atoms. The molecule has 1 amide bonds. The van der Waals surface area contributed by atoms with E-state index in [1.807, 2.05) is 39.0 Å². The molecule has 5 rings (SSSR count). The van der Waals surface area contributed by atoms with Crippen LogP contribution in [0.15, 0.2) is 65.7 Å². The lowest BCUT2D eigenvalue weighted by Crippen LogP contribution is -2.36. The van der Waals surface area contributed by atoms with Crippen LogP contribution in [0.4, 0.5) is 4.79 Å². The Morgan fingerprint density at radius 3 is 2.45 bits per heavy atom. The van der Waals surface area contributed by atoms with Crippen LogP contribution in [0, 0.1) is 0 Å². The molecule has 0 N–H and O–H groups in total. The summed E-state index contributed by atoms with van der Waals surface area (Å²) >= 11 is 0. The highest BCUT2D eigenvalue weighted by atomic mass is 16.6. The van der Waals surface area contributed by atoms with E-state index in [0.717, 1.165) is 5.56 Å². The molecule has 1 fully saturated rings. The zero-order valence-corrected chi connectivity index (χ0v) is 21.7. The Hall–Kier alpha value is -4.47. The number of carbonyl (C=O) groups excluding carboxylic acids is 2. The lowest BCUT2D eigenvalue weighted by molar-refractivity contribution is 0.0288. The number of imidazole rings is 1. The number of hydrogen-bond acceptors (Lipinski definition) is 7. The first-order valence-electron chi connectivity index (χ1n) is 12.4. The lowest BCUT2D eigenvalue weighted by Gasteiger charge is -2.24. The maximum Gasteiger partial charge on any atom is 0.410 e. The van der Waals surface area contributed by atoms with E-state index < -0.39 is 11.6 Å². The molecule has 0 spiro atoms. The van der Waals surface area contributed by atoms with E-state index in [-0.39, 0.29) is 17.8 Å². The van der Waals surface area contributed by atoms with Gasteiger partial charge in [-0.2, -0.15) is 0 Å². The summed E-state index contributed by atoms with van der Waals surface area (Å²) in [5, 5.41) is 0. The Kier molecular flexibility index (Phi) is 6.48. The second-order valence-corrected chi connectivity index (χ2v) is 10.2. The van der Waals surface area contributed by atoms with E-state index in [4.69, 9.17) is 9.47 Å². The van der Waals surface area contributed by atoms with Gasteiger partial charge in [0.1, 0.15) is 5.60 Å². The van der Waals surface area contributed by atoms with Gasteiger partial charge in [-0.05, 0) is 63.6 Å². The molecule has 1 aromatic carbocycles. The molecule has 1 saturated heterocycles. The van der Waals surface area contributed by atoms with Crippen LogP contribution in [-0.2, 0) is 9.47 Å². The van der Waals surface area contributed by atoms with Crippen molar-refractivity contribution in [3.63, 3.8) is 0 Å². The highest BCUT2D eigenvalue weighted by molar-refractivity contribution is 5.89. The van der Waals surface area contributed by atoms with Gasteiger partial charge < -0.3 is 14.4 Å². The largest absolute Gasteiger partial charge is 0.465 e. The Morgan fingerprint density at radius 1 is 1.03 bits per heavy atom. The molecule has 0 saturated carbocycles. The summed E-state index contributed by atoms with van der Waals surface area (Å²) in [4.78, 5) is 48.8. The highest BCUT2D eigenvalue weighted by Crippen LogP contribution is 2.27. The van der Waals surface area contributed by atoms with Crippen LogP contribution in [0.2, 0.25) is 0 Å². The number of fused-ring (bicyclic) bond motifs is 1. The van der Waals surface area contributed by atoms with Crippen molar-refractivity contribution < 1.29 is 19.1 Å². The molecule has 3 aromatic heterocycles. The van der Waals surface area contributed by atoms with Crippen LogP contribution in [0.25, 0.3) is 28.1 Å². The summed E-state index contributed by atoms with van der Waals surface area (Å²) in [5.41, 5.74) is 2.96. The van der Waals surface area contributed by atoms with Crippen LogP contribution in [0.1, 0.15) is 43.6 Å². The highest BCUT2D eigenvalue weighted by Gasteiger charge is 2.33. The molecule has 1 atom stereocenters. The van der Waals surface area contributed by atoms with Crippen LogP contribution in [0.5, 0.6) is 0 Å².